The van der Waals surface area contributed by atoms with E-state index in [1.165, 1.54) is 4.90 Å². The third-order valence-electron chi connectivity index (χ3n) is 10.4. The molecule has 5 atom stereocenters. The van der Waals surface area contributed by atoms with Crippen molar-refractivity contribution < 1.29 is 27.5 Å². The summed E-state index contributed by atoms with van der Waals surface area (Å²) >= 11 is 1.57. The molecule has 12 nitrogen and oxygen atoms in total. The number of hydrogen-bond donors (Lipinski definition) is 3. The molecule has 2 aromatic heterocycles. The summed E-state index contributed by atoms with van der Waals surface area (Å²) in [5.74, 6) is -1.76. The number of amides is 3. The summed E-state index contributed by atoms with van der Waals surface area (Å²) in [6, 6.07) is 15.8. The minimum atomic E-state index is -3.85. The molecule has 52 heavy (non-hydrogen) atoms. The molecule has 1 saturated heterocycles. The van der Waals surface area contributed by atoms with Gasteiger partial charge in [0.05, 0.1) is 33.7 Å². The van der Waals surface area contributed by atoms with Gasteiger partial charge in [-0.15, -0.1) is 23.7 Å². The molecule has 4 aliphatic rings. The Hall–Kier alpha value is -4.11. The number of nitrogens with zero attached hydrogens (tertiary/aromatic N) is 3. The van der Waals surface area contributed by atoms with Gasteiger partial charge in [-0.25, -0.2) is 18.4 Å². The smallest absolute Gasteiger partial charge is 0.259 e. The molecular weight excluding hydrogens is 724 g/mol. The zero-order valence-electron chi connectivity index (χ0n) is 28.4. The van der Waals surface area contributed by atoms with Crippen molar-refractivity contribution >= 4 is 72.6 Å². The molecule has 0 unspecified atom stereocenters. The Balaban J connectivity index is 0.00000420. The van der Waals surface area contributed by atoms with E-state index in [0.29, 0.717) is 41.9 Å². The standard InChI is InChI=1S/C37H40N6O6S2.ClH/c38-26-12-5-3-1-2-4-11-23-20-37(23,36(46)42-51(47,48)25-16-17-25)41-33(44)29-19-24(21-43(29)35(26)45)49-34-32(39-27-13-7-8-14-28(27)40-34)31-18-22-10-6-9-15-30(22)50-31;/h4,6-11,13-15,18,23-26,29H,1-3,5,12,16-17,19-21,38H2,(H,41,44)(H,42,46);1H/t23-,24-,26+,29+,37-;/m1./s1. The highest BCUT2D eigenvalue weighted by Crippen LogP contribution is 2.46. The number of halogens is 1. The SMILES string of the molecule is Cl.N[C@H]1CCCCCC=C[C@@H]2C[C@@]2(C(=O)NS(=O)(=O)C2CC2)NC(=O)[C@@H]2C[C@@H](Oc3nc4ccccc4nc3-c3cc4ccccc4s3)CN2C1=O. The van der Waals surface area contributed by atoms with Crippen LogP contribution >= 0.6 is 23.7 Å². The zero-order valence-corrected chi connectivity index (χ0v) is 30.9. The second-order valence-electron chi connectivity index (χ2n) is 14.1. The van der Waals surface area contributed by atoms with E-state index < -0.39 is 50.8 Å². The van der Waals surface area contributed by atoms with Gasteiger partial charge in [-0.05, 0) is 68.2 Å². The molecule has 0 bridgehead atoms. The quantitative estimate of drug-likeness (QED) is 0.237. The van der Waals surface area contributed by atoms with Gasteiger partial charge in [0.25, 0.3) is 5.91 Å². The number of sulfonamides is 1. The van der Waals surface area contributed by atoms with Gasteiger partial charge in [0.2, 0.25) is 27.7 Å². The largest absolute Gasteiger partial charge is 0.471 e. The van der Waals surface area contributed by atoms with E-state index in [1.54, 1.807) is 11.3 Å². The third-order valence-corrected chi connectivity index (χ3v) is 13.3. The maximum atomic E-state index is 14.2. The third kappa shape index (κ3) is 7.13. The van der Waals surface area contributed by atoms with E-state index in [1.807, 2.05) is 60.7 Å². The van der Waals surface area contributed by atoms with Crippen LogP contribution < -0.4 is 20.5 Å². The number of ether oxygens (including phenoxy) is 1. The fourth-order valence-corrected chi connectivity index (χ4v) is 9.63. The Morgan fingerprint density at radius 3 is 2.54 bits per heavy atom. The topological polar surface area (TPSA) is 174 Å². The van der Waals surface area contributed by atoms with Crippen LogP contribution in [-0.2, 0) is 24.4 Å². The second-order valence-corrected chi connectivity index (χ2v) is 17.2. The van der Waals surface area contributed by atoms with E-state index in [9.17, 15) is 22.8 Å². The van der Waals surface area contributed by atoms with Crippen LogP contribution in [-0.4, -0.2) is 76.5 Å². The van der Waals surface area contributed by atoms with Crippen LogP contribution in [0.2, 0.25) is 0 Å². The Morgan fingerprint density at radius 2 is 1.77 bits per heavy atom. The molecule has 4 aromatic rings. The Kier molecular flexibility index (Phi) is 10.0. The van der Waals surface area contributed by atoms with Crippen molar-refractivity contribution in [3.05, 3.63) is 66.7 Å². The van der Waals surface area contributed by atoms with Crippen LogP contribution in [0.25, 0.3) is 31.7 Å². The van der Waals surface area contributed by atoms with E-state index in [2.05, 4.69) is 16.1 Å². The van der Waals surface area contributed by atoms with Crippen molar-refractivity contribution in [1.29, 1.82) is 0 Å². The van der Waals surface area contributed by atoms with E-state index in [0.717, 1.165) is 40.6 Å². The predicted octanol–water partition coefficient (Wildman–Crippen LogP) is 4.61. The Bertz CT molecular complexity index is 2140. The van der Waals surface area contributed by atoms with E-state index in [-0.39, 0.29) is 43.6 Å². The first kappa shape index (κ1) is 36.3. The number of para-hydroxylation sites is 2. The van der Waals surface area contributed by atoms with Crippen molar-refractivity contribution in [3.63, 3.8) is 0 Å². The molecule has 4 heterocycles. The number of thiophene rings is 1. The van der Waals surface area contributed by atoms with Crippen molar-refractivity contribution in [2.75, 3.05) is 6.54 Å². The molecule has 274 valence electrons. The summed E-state index contributed by atoms with van der Waals surface area (Å²) in [5, 5.41) is 3.37. The molecule has 4 N–H and O–H groups in total. The molecule has 2 aliphatic heterocycles. The first-order chi connectivity index (χ1) is 24.6. The molecule has 15 heteroatoms. The summed E-state index contributed by atoms with van der Waals surface area (Å²) in [6.45, 7) is 0.0730. The van der Waals surface area contributed by atoms with Crippen LogP contribution in [0.4, 0.5) is 0 Å². The number of nitrogens with two attached hydrogens (primary N) is 1. The summed E-state index contributed by atoms with van der Waals surface area (Å²) in [4.78, 5) is 53.9. The van der Waals surface area contributed by atoms with E-state index >= 15 is 0 Å². The number of carbonyl (C=O) groups excluding carboxylic acids is 3. The molecular formula is C37H41ClN6O6S2. The fourth-order valence-electron chi connectivity index (χ4n) is 7.23. The summed E-state index contributed by atoms with van der Waals surface area (Å²) < 4.78 is 35.5. The average Bonchev–Trinajstić information content (AvgIpc) is 4.01. The van der Waals surface area contributed by atoms with Gasteiger partial charge < -0.3 is 20.7 Å². The zero-order chi connectivity index (χ0) is 35.3. The number of hydrogen-bond acceptors (Lipinski definition) is 10. The first-order valence-electron chi connectivity index (χ1n) is 17.6. The van der Waals surface area contributed by atoms with E-state index in [4.69, 9.17) is 20.4 Å². The average molecular weight is 765 g/mol. The van der Waals surface area contributed by atoms with Crippen LogP contribution in [0.15, 0.2) is 66.7 Å². The summed E-state index contributed by atoms with van der Waals surface area (Å²) in [6.07, 6.45) is 8.34. The normalized spacial score (nSPS) is 26.8. The lowest BCUT2D eigenvalue weighted by atomic mass is 10.1. The van der Waals surface area contributed by atoms with Crippen LogP contribution in [0.5, 0.6) is 5.88 Å². The fraction of sp³-hybridized carbons (Fsp3) is 0.432. The first-order valence-corrected chi connectivity index (χ1v) is 20.0. The van der Waals surface area contributed by atoms with Crippen molar-refractivity contribution in [3.8, 4) is 16.5 Å². The summed E-state index contributed by atoms with van der Waals surface area (Å²) in [5.41, 5.74) is 6.91. The lowest BCUT2D eigenvalue weighted by Crippen LogP contribution is -2.57. The number of aromatic nitrogens is 2. The van der Waals surface area contributed by atoms with Gasteiger partial charge in [0.1, 0.15) is 23.4 Å². The monoisotopic (exact) mass is 764 g/mol. The van der Waals surface area contributed by atoms with Crippen LogP contribution in [0, 0.1) is 5.92 Å². The maximum absolute atomic E-state index is 14.2. The Labute approximate surface area is 312 Å². The van der Waals surface area contributed by atoms with Crippen molar-refractivity contribution in [2.45, 2.75) is 86.8 Å². The van der Waals surface area contributed by atoms with Crippen LogP contribution in [0.3, 0.4) is 0 Å². The molecule has 2 aliphatic carbocycles. The van der Waals surface area contributed by atoms with Gasteiger partial charge in [-0.3, -0.25) is 19.1 Å². The number of allylic oxidation sites excluding steroid dienone is 1. The highest BCUT2D eigenvalue weighted by atomic mass is 35.5. The molecule has 0 radical (unpaired) electrons. The number of benzene rings is 2. The van der Waals surface area contributed by atoms with Gasteiger partial charge in [0.15, 0.2) is 0 Å². The second kappa shape index (κ2) is 14.4. The van der Waals surface area contributed by atoms with Crippen molar-refractivity contribution in [2.24, 2.45) is 11.7 Å². The predicted molar refractivity (Wildman–Crippen MR) is 201 cm³/mol. The lowest BCUT2D eigenvalue weighted by molar-refractivity contribution is -0.140. The highest BCUT2D eigenvalue weighted by Gasteiger charge is 2.62. The van der Waals surface area contributed by atoms with Gasteiger partial charge in [-0.1, -0.05) is 55.3 Å². The molecule has 3 amide bonds. The molecule has 2 saturated carbocycles. The molecule has 3 fully saturated rings. The van der Waals surface area contributed by atoms with Gasteiger partial charge >= 0.3 is 0 Å². The lowest BCUT2D eigenvalue weighted by Gasteiger charge is -2.28. The minimum Gasteiger partial charge on any atom is -0.471 e. The molecule has 8 rings (SSSR count). The molecule has 2 aromatic carbocycles. The summed E-state index contributed by atoms with van der Waals surface area (Å²) in [7, 11) is -3.85. The number of fused-ring (bicyclic) bond motifs is 4. The molecule has 0 spiro atoms. The van der Waals surface area contributed by atoms with Crippen molar-refractivity contribution in [1.82, 2.24) is 24.9 Å². The Morgan fingerprint density at radius 1 is 1.02 bits per heavy atom. The number of nitrogens with one attached hydrogen (secondary N) is 2. The maximum Gasteiger partial charge on any atom is 0.259 e. The number of rotatable bonds is 6. The number of carbonyl (C=O) groups is 3. The van der Waals surface area contributed by atoms with Gasteiger partial charge in [0, 0.05) is 17.0 Å². The van der Waals surface area contributed by atoms with Gasteiger partial charge in [-0.2, -0.15) is 0 Å². The highest BCUT2D eigenvalue weighted by molar-refractivity contribution is 7.91. The van der Waals surface area contributed by atoms with Crippen LogP contribution in [0.1, 0.15) is 57.8 Å². The minimum absolute atomic E-state index is 0.